The minimum atomic E-state index is 0.124. The van der Waals surface area contributed by atoms with Crippen molar-refractivity contribution in [1.29, 1.82) is 0 Å². The third kappa shape index (κ3) is 5.46. The summed E-state index contributed by atoms with van der Waals surface area (Å²) in [6, 6.07) is 0.709. The predicted molar refractivity (Wildman–Crippen MR) is 88.6 cm³/mol. The Morgan fingerprint density at radius 1 is 1.33 bits per heavy atom. The average molecular weight is 314 g/mol. The molecule has 2 aliphatic rings. The van der Waals surface area contributed by atoms with E-state index in [1.807, 2.05) is 11.8 Å². The summed E-state index contributed by atoms with van der Waals surface area (Å²) in [4.78, 5) is 14.5. The molecule has 1 aliphatic carbocycles. The zero-order valence-electron chi connectivity index (χ0n) is 13.2. The molecule has 0 bridgehead atoms. The Labute approximate surface area is 133 Å². The lowest BCUT2D eigenvalue weighted by Gasteiger charge is -2.31. The van der Waals surface area contributed by atoms with E-state index < -0.39 is 0 Å². The number of carbonyl (C=O) groups excluding carboxylic acids is 1. The predicted octanol–water partition coefficient (Wildman–Crippen LogP) is 1.87. The molecule has 2 N–H and O–H groups in total. The number of hydrogen-bond acceptors (Lipinski definition) is 4. The first kappa shape index (κ1) is 17.1. The number of thioether (sulfide) groups is 1. The fourth-order valence-electron chi connectivity index (χ4n) is 3.58. The van der Waals surface area contributed by atoms with Gasteiger partial charge in [-0.25, -0.2) is 0 Å². The molecule has 1 saturated heterocycles. The second-order valence-corrected chi connectivity index (χ2v) is 7.67. The van der Waals surface area contributed by atoms with Gasteiger partial charge in [0.2, 0.25) is 5.91 Å². The molecule has 0 spiro atoms. The summed E-state index contributed by atoms with van der Waals surface area (Å²) in [5, 5.41) is 12.5. The van der Waals surface area contributed by atoms with Crippen LogP contribution >= 0.6 is 11.8 Å². The van der Waals surface area contributed by atoms with Gasteiger partial charge in [-0.15, -0.1) is 0 Å². The van der Waals surface area contributed by atoms with Gasteiger partial charge in [0.05, 0.1) is 6.54 Å². The van der Waals surface area contributed by atoms with E-state index in [-0.39, 0.29) is 18.6 Å². The molecule has 0 aromatic heterocycles. The molecule has 4 nitrogen and oxygen atoms in total. The minimum Gasteiger partial charge on any atom is -0.396 e. The first-order chi connectivity index (χ1) is 10.2. The molecular formula is C16H30N2O2S. The molecule has 0 radical (unpaired) electrons. The van der Waals surface area contributed by atoms with Crippen molar-refractivity contribution in [3.8, 4) is 0 Å². The molecule has 2 atom stereocenters. The number of aliphatic hydroxyl groups excluding tert-OH is 1. The molecule has 2 unspecified atom stereocenters. The number of carbonyl (C=O) groups is 1. The van der Waals surface area contributed by atoms with Crippen molar-refractivity contribution < 1.29 is 9.90 Å². The third-order valence-electron chi connectivity index (χ3n) is 4.93. The van der Waals surface area contributed by atoms with Gasteiger partial charge >= 0.3 is 0 Å². The van der Waals surface area contributed by atoms with Gasteiger partial charge in [-0.05, 0) is 44.4 Å². The summed E-state index contributed by atoms with van der Waals surface area (Å²) < 4.78 is 0. The maximum absolute atomic E-state index is 12.3. The normalized spacial score (nSPS) is 25.2. The van der Waals surface area contributed by atoms with Crippen molar-refractivity contribution in [1.82, 2.24) is 10.2 Å². The van der Waals surface area contributed by atoms with Crippen LogP contribution < -0.4 is 5.32 Å². The first-order valence-electron chi connectivity index (χ1n) is 8.39. The van der Waals surface area contributed by atoms with Crippen molar-refractivity contribution in [2.75, 3.05) is 31.7 Å². The van der Waals surface area contributed by atoms with E-state index >= 15 is 0 Å². The number of likely N-dealkylation sites (N-methyl/N-ethyl adjacent to an activating group) is 1. The Kier molecular flexibility index (Phi) is 7.34. The molecule has 0 aromatic rings. The molecule has 2 fully saturated rings. The van der Waals surface area contributed by atoms with E-state index in [0.29, 0.717) is 24.9 Å². The Morgan fingerprint density at radius 3 is 2.71 bits per heavy atom. The van der Waals surface area contributed by atoms with E-state index in [1.165, 1.54) is 44.3 Å². The highest BCUT2D eigenvalue weighted by atomic mass is 32.2. The molecule has 1 aliphatic heterocycles. The molecule has 1 heterocycles. The van der Waals surface area contributed by atoms with Gasteiger partial charge in [-0.2, -0.15) is 11.8 Å². The maximum atomic E-state index is 12.3. The summed E-state index contributed by atoms with van der Waals surface area (Å²) in [5.74, 6) is 3.04. The average Bonchev–Trinajstić information content (AvgIpc) is 3.02. The van der Waals surface area contributed by atoms with E-state index in [9.17, 15) is 9.90 Å². The first-order valence-corrected chi connectivity index (χ1v) is 9.54. The number of rotatable bonds is 7. The highest BCUT2D eigenvalue weighted by Gasteiger charge is 2.26. The van der Waals surface area contributed by atoms with Gasteiger partial charge in [0.1, 0.15) is 0 Å². The van der Waals surface area contributed by atoms with E-state index in [4.69, 9.17) is 0 Å². The van der Waals surface area contributed by atoms with Crippen LogP contribution in [-0.4, -0.2) is 59.7 Å². The van der Waals surface area contributed by atoms with Crippen molar-refractivity contribution >= 4 is 17.7 Å². The Bertz CT molecular complexity index is 315. The van der Waals surface area contributed by atoms with Crippen LogP contribution in [0.15, 0.2) is 0 Å². The minimum absolute atomic E-state index is 0.124. The summed E-state index contributed by atoms with van der Waals surface area (Å²) in [7, 11) is 2.05. The van der Waals surface area contributed by atoms with Crippen LogP contribution in [0.2, 0.25) is 0 Å². The Morgan fingerprint density at radius 2 is 2.10 bits per heavy atom. The molecule has 0 aromatic carbocycles. The number of hydrogen-bond donors (Lipinski definition) is 2. The zero-order valence-corrected chi connectivity index (χ0v) is 14.0. The van der Waals surface area contributed by atoms with Crippen LogP contribution in [0.25, 0.3) is 0 Å². The number of nitrogens with one attached hydrogen (secondary N) is 1. The van der Waals surface area contributed by atoms with Crippen LogP contribution in [0.1, 0.15) is 44.9 Å². The summed E-state index contributed by atoms with van der Waals surface area (Å²) >= 11 is 1.98. The maximum Gasteiger partial charge on any atom is 0.234 e. The summed E-state index contributed by atoms with van der Waals surface area (Å²) in [6.07, 6.45) is 8.12. The largest absolute Gasteiger partial charge is 0.396 e. The van der Waals surface area contributed by atoms with E-state index in [0.717, 1.165) is 5.75 Å². The molecule has 1 saturated carbocycles. The van der Waals surface area contributed by atoms with Crippen molar-refractivity contribution in [2.24, 2.45) is 5.92 Å². The second-order valence-electron chi connectivity index (χ2n) is 6.52. The van der Waals surface area contributed by atoms with E-state index in [2.05, 4.69) is 17.3 Å². The standard InChI is InChI=1S/C16H30N2O2S/c1-18(14-8-10-21-12-14)11-16(20)17-15(7-9-19)13-5-3-2-4-6-13/h13-15,19H,2-12H2,1H3,(H,17,20). The van der Waals surface area contributed by atoms with Crippen LogP contribution in [0.4, 0.5) is 0 Å². The third-order valence-corrected chi connectivity index (χ3v) is 6.07. The zero-order chi connectivity index (χ0) is 15.1. The fourth-order valence-corrected chi connectivity index (χ4v) is 4.88. The van der Waals surface area contributed by atoms with Crippen LogP contribution in [0.3, 0.4) is 0 Å². The van der Waals surface area contributed by atoms with Crippen LogP contribution in [0, 0.1) is 5.92 Å². The highest BCUT2D eigenvalue weighted by molar-refractivity contribution is 7.99. The van der Waals surface area contributed by atoms with Crippen molar-refractivity contribution in [3.63, 3.8) is 0 Å². The van der Waals surface area contributed by atoms with Crippen molar-refractivity contribution in [3.05, 3.63) is 0 Å². The summed E-state index contributed by atoms with van der Waals surface area (Å²) in [5.41, 5.74) is 0. The van der Waals surface area contributed by atoms with Gasteiger partial charge < -0.3 is 10.4 Å². The summed E-state index contributed by atoms with van der Waals surface area (Å²) in [6.45, 7) is 0.649. The Hall–Kier alpha value is -0.260. The second kappa shape index (κ2) is 9.01. The number of nitrogens with zero attached hydrogens (tertiary/aromatic N) is 1. The van der Waals surface area contributed by atoms with Gasteiger partial charge in [0, 0.05) is 24.4 Å². The fraction of sp³-hybridized carbons (Fsp3) is 0.938. The quantitative estimate of drug-likeness (QED) is 0.753. The monoisotopic (exact) mass is 314 g/mol. The lowest BCUT2D eigenvalue weighted by Crippen LogP contribution is -2.47. The lowest BCUT2D eigenvalue weighted by atomic mass is 9.82. The molecule has 122 valence electrons. The smallest absolute Gasteiger partial charge is 0.234 e. The number of amides is 1. The molecule has 1 amide bonds. The van der Waals surface area contributed by atoms with Crippen LogP contribution in [-0.2, 0) is 4.79 Å². The van der Waals surface area contributed by atoms with Gasteiger partial charge in [0.25, 0.3) is 0 Å². The Balaban J connectivity index is 1.79. The van der Waals surface area contributed by atoms with Gasteiger partial charge in [0.15, 0.2) is 0 Å². The van der Waals surface area contributed by atoms with Crippen molar-refractivity contribution in [2.45, 2.75) is 57.0 Å². The van der Waals surface area contributed by atoms with Gasteiger partial charge in [-0.1, -0.05) is 19.3 Å². The SMILES string of the molecule is CN(CC(=O)NC(CCO)C1CCCCC1)C1CCSC1. The lowest BCUT2D eigenvalue weighted by molar-refractivity contribution is -0.123. The topological polar surface area (TPSA) is 52.6 Å². The molecule has 21 heavy (non-hydrogen) atoms. The number of aliphatic hydroxyl groups is 1. The van der Waals surface area contributed by atoms with Gasteiger partial charge in [-0.3, -0.25) is 9.69 Å². The highest BCUT2D eigenvalue weighted by Crippen LogP contribution is 2.27. The molecule has 5 heteroatoms. The van der Waals surface area contributed by atoms with Crippen LogP contribution in [0.5, 0.6) is 0 Å². The van der Waals surface area contributed by atoms with E-state index in [1.54, 1.807) is 0 Å². The molecule has 2 rings (SSSR count). The molecular weight excluding hydrogens is 284 g/mol.